The molecule has 1 aliphatic rings. The number of alkyl halides is 3. The Hall–Kier alpha value is -0.430. The molecule has 18 heavy (non-hydrogen) atoms. The molecule has 1 fully saturated rings. The molecule has 1 saturated heterocycles. The molecule has 0 unspecified atom stereocenters. The summed E-state index contributed by atoms with van der Waals surface area (Å²) in [5.74, 6) is -0.314. The maximum atomic E-state index is 12.0. The van der Waals surface area contributed by atoms with E-state index < -0.39 is 17.2 Å². The summed E-state index contributed by atoms with van der Waals surface area (Å²) in [6, 6.07) is 0. The zero-order valence-electron chi connectivity index (χ0n) is 10.4. The summed E-state index contributed by atoms with van der Waals surface area (Å²) in [7, 11) is 1.90. The van der Waals surface area contributed by atoms with Crippen LogP contribution in [0.2, 0.25) is 0 Å². The number of nitrogens with one attached hydrogen (secondary N) is 1. The molecule has 1 aliphatic heterocycles. The Morgan fingerprint density at radius 1 is 1.39 bits per heavy atom. The zero-order valence-corrected chi connectivity index (χ0v) is 11.2. The van der Waals surface area contributed by atoms with Crippen LogP contribution in [0.3, 0.4) is 0 Å². The van der Waals surface area contributed by atoms with E-state index >= 15 is 0 Å². The molecule has 106 valence electrons. The number of piperidine rings is 1. The van der Waals surface area contributed by atoms with Gasteiger partial charge in [0.15, 0.2) is 0 Å². The molecule has 0 aliphatic carbocycles. The number of likely N-dealkylation sites (tertiary alicyclic amines) is 1. The van der Waals surface area contributed by atoms with E-state index in [1.54, 1.807) is 4.90 Å². The predicted octanol–water partition coefficient (Wildman–Crippen LogP) is 2.09. The van der Waals surface area contributed by atoms with Gasteiger partial charge in [0.2, 0.25) is 5.91 Å². The van der Waals surface area contributed by atoms with Crippen molar-refractivity contribution in [2.75, 3.05) is 32.4 Å². The van der Waals surface area contributed by atoms with Crippen LogP contribution in [-0.2, 0) is 4.79 Å². The number of nitrogens with zero attached hydrogens (tertiary/aromatic N) is 1. The van der Waals surface area contributed by atoms with Gasteiger partial charge in [-0.25, -0.2) is 0 Å². The van der Waals surface area contributed by atoms with Crippen molar-refractivity contribution in [2.45, 2.75) is 24.8 Å². The van der Waals surface area contributed by atoms with Gasteiger partial charge in [0.1, 0.15) is 0 Å². The molecule has 1 heterocycles. The Morgan fingerprint density at radius 3 is 2.50 bits per heavy atom. The Morgan fingerprint density at radius 2 is 2.00 bits per heavy atom. The van der Waals surface area contributed by atoms with Crippen LogP contribution in [0.5, 0.6) is 0 Å². The normalized spacial score (nSPS) is 18.1. The number of rotatable bonds is 5. The fourth-order valence-electron chi connectivity index (χ4n) is 2.05. The molecule has 0 bridgehead atoms. The number of carbonyl (C=O) groups is 1. The van der Waals surface area contributed by atoms with Crippen LogP contribution in [0.15, 0.2) is 0 Å². The van der Waals surface area contributed by atoms with E-state index in [4.69, 9.17) is 0 Å². The van der Waals surface area contributed by atoms with Crippen LogP contribution in [0, 0.1) is 5.92 Å². The summed E-state index contributed by atoms with van der Waals surface area (Å²) >= 11 is -0.251. The highest BCUT2D eigenvalue weighted by Gasteiger charge is 2.31. The van der Waals surface area contributed by atoms with E-state index in [2.05, 4.69) is 5.32 Å². The lowest BCUT2D eigenvalue weighted by atomic mass is 9.93. The number of carbonyl (C=O) groups excluding carboxylic acids is 1. The van der Waals surface area contributed by atoms with Crippen molar-refractivity contribution in [3.05, 3.63) is 0 Å². The standard InChI is InChI=1S/C11H19F3N2OS/c1-15-5-2-9-3-6-16(7-4-9)10(17)8-18-11(12,13)14/h9,15H,2-8H2,1H3. The quantitative estimate of drug-likeness (QED) is 0.839. The number of thioether (sulfide) groups is 1. The average Bonchev–Trinajstić information content (AvgIpc) is 2.33. The van der Waals surface area contributed by atoms with Crippen molar-refractivity contribution < 1.29 is 18.0 Å². The van der Waals surface area contributed by atoms with Crippen LogP contribution in [0.4, 0.5) is 13.2 Å². The first-order valence-electron chi connectivity index (χ1n) is 6.05. The van der Waals surface area contributed by atoms with E-state index in [1.807, 2.05) is 7.05 Å². The third-order valence-corrected chi connectivity index (χ3v) is 3.85. The molecule has 3 nitrogen and oxygen atoms in total. The number of hydrogen-bond donors (Lipinski definition) is 1. The minimum Gasteiger partial charge on any atom is -0.342 e. The van der Waals surface area contributed by atoms with Gasteiger partial charge in [0, 0.05) is 13.1 Å². The van der Waals surface area contributed by atoms with Gasteiger partial charge >= 0.3 is 5.51 Å². The molecule has 0 aromatic heterocycles. The van der Waals surface area contributed by atoms with Gasteiger partial charge in [-0.1, -0.05) is 0 Å². The topological polar surface area (TPSA) is 32.3 Å². The van der Waals surface area contributed by atoms with E-state index in [9.17, 15) is 18.0 Å². The summed E-state index contributed by atoms with van der Waals surface area (Å²) < 4.78 is 35.9. The molecule has 0 radical (unpaired) electrons. The molecule has 7 heteroatoms. The number of amides is 1. The van der Waals surface area contributed by atoms with E-state index in [1.165, 1.54) is 0 Å². The molecule has 1 rings (SSSR count). The monoisotopic (exact) mass is 284 g/mol. The lowest BCUT2D eigenvalue weighted by Crippen LogP contribution is -2.40. The molecule has 0 atom stereocenters. The van der Waals surface area contributed by atoms with Crippen LogP contribution < -0.4 is 5.32 Å². The molecular formula is C11H19F3N2OS. The molecule has 1 amide bonds. The molecule has 0 saturated carbocycles. The molecule has 0 spiro atoms. The molecular weight excluding hydrogens is 265 g/mol. The average molecular weight is 284 g/mol. The third-order valence-electron chi connectivity index (χ3n) is 3.13. The highest BCUT2D eigenvalue weighted by Crippen LogP contribution is 2.30. The van der Waals surface area contributed by atoms with Gasteiger partial charge in [-0.05, 0) is 50.5 Å². The fourth-order valence-corrected chi connectivity index (χ4v) is 2.52. The highest BCUT2D eigenvalue weighted by atomic mass is 32.2. The summed E-state index contributed by atoms with van der Waals surface area (Å²) in [6.45, 7) is 2.12. The second-order valence-electron chi connectivity index (χ2n) is 4.45. The van der Waals surface area contributed by atoms with Gasteiger partial charge in [-0.3, -0.25) is 4.79 Å². The lowest BCUT2D eigenvalue weighted by Gasteiger charge is -2.32. The largest absolute Gasteiger partial charge is 0.442 e. The van der Waals surface area contributed by atoms with Gasteiger partial charge in [-0.2, -0.15) is 13.2 Å². The number of halogens is 3. The smallest absolute Gasteiger partial charge is 0.342 e. The van der Waals surface area contributed by atoms with Gasteiger partial charge in [0.25, 0.3) is 0 Å². The van der Waals surface area contributed by atoms with E-state index in [-0.39, 0.29) is 11.8 Å². The van der Waals surface area contributed by atoms with Crippen molar-refractivity contribution in [3.8, 4) is 0 Å². The highest BCUT2D eigenvalue weighted by molar-refractivity contribution is 8.00. The third kappa shape index (κ3) is 5.95. The summed E-state index contributed by atoms with van der Waals surface area (Å²) in [5.41, 5.74) is -4.32. The Balaban J connectivity index is 2.23. The summed E-state index contributed by atoms with van der Waals surface area (Å²) in [5, 5.41) is 3.08. The first-order valence-corrected chi connectivity index (χ1v) is 7.04. The van der Waals surface area contributed by atoms with E-state index in [0.29, 0.717) is 19.0 Å². The molecule has 0 aromatic carbocycles. The SMILES string of the molecule is CNCCC1CCN(C(=O)CSC(F)(F)F)CC1. The Kier molecular flexibility index (Phi) is 6.28. The second kappa shape index (κ2) is 7.23. The Labute approximate surface area is 109 Å². The molecule has 0 aromatic rings. The van der Waals surface area contributed by atoms with Gasteiger partial charge < -0.3 is 10.2 Å². The first-order chi connectivity index (χ1) is 8.42. The zero-order chi connectivity index (χ0) is 13.6. The van der Waals surface area contributed by atoms with Crippen molar-refractivity contribution in [3.63, 3.8) is 0 Å². The second-order valence-corrected chi connectivity index (χ2v) is 5.49. The van der Waals surface area contributed by atoms with Gasteiger partial charge in [-0.15, -0.1) is 0 Å². The minimum absolute atomic E-state index is 0.251. The van der Waals surface area contributed by atoms with Gasteiger partial charge in [0.05, 0.1) is 5.75 Å². The summed E-state index contributed by atoms with van der Waals surface area (Å²) in [4.78, 5) is 13.1. The van der Waals surface area contributed by atoms with E-state index in [0.717, 1.165) is 25.8 Å². The van der Waals surface area contributed by atoms with Crippen LogP contribution in [0.25, 0.3) is 0 Å². The van der Waals surface area contributed by atoms with Crippen molar-refractivity contribution in [2.24, 2.45) is 5.92 Å². The van der Waals surface area contributed by atoms with Crippen molar-refractivity contribution in [1.82, 2.24) is 10.2 Å². The maximum Gasteiger partial charge on any atom is 0.442 e. The van der Waals surface area contributed by atoms with Crippen LogP contribution >= 0.6 is 11.8 Å². The lowest BCUT2D eigenvalue weighted by molar-refractivity contribution is -0.130. The van der Waals surface area contributed by atoms with Crippen LogP contribution in [-0.4, -0.2) is 48.8 Å². The summed E-state index contributed by atoms with van der Waals surface area (Å²) in [6.07, 6.45) is 2.85. The van der Waals surface area contributed by atoms with Crippen molar-refractivity contribution in [1.29, 1.82) is 0 Å². The predicted molar refractivity (Wildman–Crippen MR) is 66.4 cm³/mol. The first kappa shape index (κ1) is 15.6. The Bertz CT molecular complexity index is 266. The fraction of sp³-hybridized carbons (Fsp3) is 0.909. The van der Waals surface area contributed by atoms with Crippen molar-refractivity contribution >= 4 is 17.7 Å². The number of hydrogen-bond acceptors (Lipinski definition) is 3. The minimum atomic E-state index is -4.32. The molecule has 1 N–H and O–H groups in total. The van der Waals surface area contributed by atoms with Crippen LogP contribution in [0.1, 0.15) is 19.3 Å². The maximum absolute atomic E-state index is 12.0.